The number of amides is 1. The maximum atomic E-state index is 13.0. The van der Waals surface area contributed by atoms with Crippen molar-refractivity contribution in [1.82, 2.24) is 14.5 Å². The Balaban J connectivity index is 1.47. The van der Waals surface area contributed by atoms with Crippen LogP contribution in [0.4, 0.5) is 0 Å². The Labute approximate surface area is 162 Å². The van der Waals surface area contributed by atoms with Crippen LogP contribution in [0.25, 0.3) is 0 Å². The molecule has 3 fully saturated rings. The minimum absolute atomic E-state index is 0.0220. The maximum absolute atomic E-state index is 13.0. The van der Waals surface area contributed by atoms with Crippen molar-refractivity contribution in [2.45, 2.75) is 61.9 Å². The highest BCUT2D eigenvalue weighted by atomic mass is 32.2. The Morgan fingerprint density at radius 1 is 1.00 bits per heavy atom. The number of fused-ring (bicyclic) bond motifs is 1. The largest absolute Gasteiger partial charge is 0.336 e. The number of benzene rings is 1. The van der Waals surface area contributed by atoms with Crippen LogP contribution in [0.5, 0.6) is 0 Å². The Morgan fingerprint density at radius 2 is 1.78 bits per heavy atom. The van der Waals surface area contributed by atoms with Crippen molar-refractivity contribution in [3.8, 4) is 0 Å². The molecule has 1 aromatic carbocycles. The lowest BCUT2D eigenvalue weighted by molar-refractivity contribution is 0.0372. The topological polar surface area (TPSA) is 69.7 Å². The summed E-state index contributed by atoms with van der Waals surface area (Å²) in [5, 5.41) is 0. The number of sulfonamides is 1. The number of piperazine rings is 1. The molecule has 1 amide bonds. The predicted molar refractivity (Wildman–Crippen MR) is 104 cm³/mol. The van der Waals surface area contributed by atoms with E-state index in [1.807, 2.05) is 4.90 Å². The van der Waals surface area contributed by atoms with E-state index >= 15 is 0 Å². The molecule has 6 nitrogen and oxygen atoms in total. The van der Waals surface area contributed by atoms with Crippen molar-refractivity contribution < 1.29 is 13.2 Å². The molecule has 0 aromatic heterocycles. The van der Waals surface area contributed by atoms with Crippen molar-refractivity contribution in [3.63, 3.8) is 0 Å². The first-order valence-electron chi connectivity index (χ1n) is 10.2. The molecular weight excluding hydrogens is 362 g/mol. The zero-order valence-corrected chi connectivity index (χ0v) is 16.6. The van der Waals surface area contributed by atoms with Crippen molar-refractivity contribution in [2.75, 3.05) is 26.2 Å². The van der Waals surface area contributed by atoms with Crippen LogP contribution in [-0.4, -0.2) is 62.4 Å². The number of hydrogen-bond acceptors (Lipinski definition) is 4. The van der Waals surface area contributed by atoms with E-state index in [4.69, 9.17) is 0 Å². The summed E-state index contributed by atoms with van der Waals surface area (Å²) < 4.78 is 28.2. The molecule has 1 N–H and O–H groups in total. The molecule has 148 valence electrons. The summed E-state index contributed by atoms with van der Waals surface area (Å²) in [6, 6.07) is 6.98. The van der Waals surface area contributed by atoms with Gasteiger partial charge in [-0.1, -0.05) is 25.3 Å². The van der Waals surface area contributed by atoms with E-state index in [1.54, 1.807) is 18.2 Å². The Morgan fingerprint density at radius 3 is 2.59 bits per heavy atom. The van der Waals surface area contributed by atoms with Gasteiger partial charge in [0, 0.05) is 37.3 Å². The molecule has 2 heterocycles. The third kappa shape index (κ3) is 4.20. The number of hydrogen-bond donors (Lipinski definition) is 1. The van der Waals surface area contributed by atoms with Crippen molar-refractivity contribution in [1.29, 1.82) is 0 Å². The number of rotatable bonds is 4. The van der Waals surface area contributed by atoms with Crippen LogP contribution in [0.2, 0.25) is 0 Å². The van der Waals surface area contributed by atoms with E-state index in [2.05, 4.69) is 9.62 Å². The van der Waals surface area contributed by atoms with Gasteiger partial charge in [0.1, 0.15) is 0 Å². The fourth-order valence-corrected chi connectivity index (χ4v) is 6.00. The lowest BCUT2D eigenvalue weighted by Gasteiger charge is -2.44. The first kappa shape index (κ1) is 18.9. The average molecular weight is 392 g/mol. The highest BCUT2D eigenvalue weighted by Crippen LogP contribution is 2.24. The van der Waals surface area contributed by atoms with Crippen molar-refractivity contribution in [3.05, 3.63) is 29.8 Å². The van der Waals surface area contributed by atoms with Gasteiger partial charge in [0.2, 0.25) is 10.0 Å². The standard InChI is InChI=1S/C20H29N3O3S/c24-20(23-13-12-22-11-4-3-9-18(22)15-23)16-6-5-10-19(14-16)27(25,26)21-17-7-1-2-8-17/h5-6,10,14,17-18,21H,1-4,7-9,11-13,15H2. The molecule has 0 bridgehead atoms. The normalized spacial score (nSPS) is 24.7. The summed E-state index contributed by atoms with van der Waals surface area (Å²) in [6.07, 6.45) is 7.54. The molecule has 27 heavy (non-hydrogen) atoms. The van der Waals surface area contributed by atoms with Crippen LogP contribution in [0.3, 0.4) is 0 Å². The second kappa shape index (κ2) is 7.89. The molecule has 3 aliphatic rings. The zero-order chi connectivity index (χ0) is 18.9. The number of carbonyl (C=O) groups is 1. The number of carbonyl (C=O) groups excluding carboxylic acids is 1. The van der Waals surface area contributed by atoms with Gasteiger partial charge in [0.05, 0.1) is 4.90 Å². The summed E-state index contributed by atoms with van der Waals surface area (Å²) in [5.74, 6) is -0.0573. The quantitative estimate of drug-likeness (QED) is 0.854. The second-order valence-electron chi connectivity index (χ2n) is 8.07. The molecule has 1 unspecified atom stereocenters. The molecular formula is C20H29N3O3S. The molecule has 0 radical (unpaired) electrons. The van der Waals surface area contributed by atoms with Crippen LogP contribution in [0.15, 0.2) is 29.2 Å². The highest BCUT2D eigenvalue weighted by molar-refractivity contribution is 7.89. The summed E-state index contributed by atoms with van der Waals surface area (Å²) >= 11 is 0. The second-order valence-corrected chi connectivity index (χ2v) is 9.78. The third-order valence-electron chi connectivity index (χ3n) is 6.19. The van der Waals surface area contributed by atoms with Crippen LogP contribution < -0.4 is 4.72 Å². The monoisotopic (exact) mass is 391 g/mol. The number of piperidine rings is 1. The first-order valence-corrected chi connectivity index (χ1v) is 11.7. The Hall–Kier alpha value is -1.44. The summed E-state index contributed by atoms with van der Waals surface area (Å²) in [7, 11) is -3.58. The summed E-state index contributed by atoms with van der Waals surface area (Å²) in [4.78, 5) is 17.6. The Bertz CT molecular complexity index is 789. The van der Waals surface area contributed by atoms with Gasteiger partial charge >= 0.3 is 0 Å². The average Bonchev–Trinajstić information content (AvgIpc) is 3.19. The lowest BCUT2D eigenvalue weighted by Crippen LogP contribution is -2.56. The Kier molecular flexibility index (Phi) is 5.53. The maximum Gasteiger partial charge on any atom is 0.253 e. The lowest BCUT2D eigenvalue weighted by atomic mass is 9.99. The van der Waals surface area contributed by atoms with Gasteiger partial charge in [-0.15, -0.1) is 0 Å². The van der Waals surface area contributed by atoms with Crippen LogP contribution >= 0.6 is 0 Å². The first-order chi connectivity index (χ1) is 13.0. The minimum atomic E-state index is -3.58. The third-order valence-corrected chi connectivity index (χ3v) is 7.71. The van der Waals surface area contributed by atoms with Crippen molar-refractivity contribution >= 4 is 15.9 Å². The van der Waals surface area contributed by atoms with E-state index in [-0.39, 0.29) is 16.8 Å². The van der Waals surface area contributed by atoms with E-state index in [1.165, 1.54) is 18.9 Å². The van der Waals surface area contributed by atoms with Gasteiger partial charge in [0.15, 0.2) is 0 Å². The van der Waals surface area contributed by atoms with E-state index < -0.39 is 10.0 Å². The smallest absolute Gasteiger partial charge is 0.253 e. The van der Waals surface area contributed by atoms with Gasteiger partial charge in [0.25, 0.3) is 5.91 Å². The van der Waals surface area contributed by atoms with Crippen molar-refractivity contribution in [2.24, 2.45) is 0 Å². The number of nitrogens with one attached hydrogen (secondary N) is 1. The van der Waals surface area contributed by atoms with Gasteiger partial charge in [-0.2, -0.15) is 0 Å². The van der Waals surface area contributed by atoms with E-state index in [0.29, 0.717) is 18.2 Å². The molecule has 1 saturated carbocycles. The molecule has 1 aliphatic carbocycles. The molecule has 2 aliphatic heterocycles. The SMILES string of the molecule is O=C(c1cccc(S(=O)(=O)NC2CCCC2)c1)N1CCN2CCCCC2C1. The van der Waals surface area contributed by atoms with Crippen LogP contribution in [0, 0.1) is 0 Å². The fourth-order valence-electron chi connectivity index (χ4n) is 4.65. The summed E-state index contributed by atoms with van der Waals surface area (Å²) in [5.41, 5.74) is 0.466. The van der Waals surface area contributed by atoms with Crippen LogP contribution in [0.1, 0.15) is 55.3 Å². The van der Waals surface area contributed by atoms with Crippen LogP contribution in [-0.2, 0) is 10.0 Å². The van der Waals surface area contributed by atoms with Gasteiger partial charge in [-0.3, -0.25) is 9.69 Å². The molecule has 1 atom stereocenters. The molecule has 2 saturated heterocycles. The van der Waals surface area contributed by atoms with Gasteiger partial charge in [-0.25, -0.2) is 13.1 Å². The minimum Gasteiger partial charge on any atom is -0.336 e. The fraction of sp³-hybridized carbons (Fsp3) is 0.650. The molecule has 4 rings (SSSR count). The predicted octanol–water partition coefficient (Wildman–Crippen LogP) is 2.22. The van der Waals surface area contributed by atoms with E-state index in [9.17, 15) is 13.2 Å². The van der Waals surface area contributed by atoms with Gasteiger partial charge in [-0.05, 0) is 50.4 Å². The molecule has 7 heteroatoms. The zero-order valence-electron chi connectivity index (χ0n) is 15.8. The summed E-state index contributed by atoms with van der Waals surface area (Å²) in [6.45, 7) is 3.51. The molecule has 0 spiro atoms. The number of nitrogens with zero attached hydrogens (tertiary/aromatic N) is 2. The highest BCUT2D eigenvalue weighted by Gasteiger charge is 2.32. The van der Waals surface area contributed by atoms with Gasteiger partial charge < -0.3 is 4.90 Å². The van der Waals surface area contributed by atoms with E-state index in [0.717, 1.165) is 51.7 Å². The molecule has 1 aromatic rings.